The number of hydrogen-bond donors (Lipinski definition) is 2. The van der Waals surface area contributed by atoms with Gasteiger partial charge in [0.05, 0.1) is 17.7 Å². The minimum atomic E-state index is -3.94. The summed E-state index contributed by atoms with van der Waals surface area (Å²) in [5, 5.41) is 10.1. The summed E-state index contributed by atoms with van der Waals surface area (Å²) in [5.41, 5.74) is 0.586. The van der Waals surface area contributed by atoms with Crippen molar-refractivity contribution in [2.24, 2.45) is 0 Å². The Kier molecular flexibility index (Phi) is 5.59. The van der Waals surface area contributed by atoms with Crippen LogP contribution in [0.3, 0.4) is 0 Å². The third kappa shape index (κ3) is 4.54. The van der Waals surface area contributed by atoms with Crippen LogP contribution in [-0.2, 0) is 10.0 Å². The highest BCUT2D eigenvalue weighted by Gasteiger charge is 2.21. The second kappa shape index (κ2) is 7.91. The quantitative estimate of drug-likeness (QED) is 0.587. The molecule has 0 aliphatic heterocycles. The molecule has 0 spiro atoms. The van der Waals surface area contributed by atoms with Crippen molar-refractivity contribution in [2.45, 2.75) is 4.34 Å². The van der Waals surface area contributed by atoms with Gasteiger partial charge < -0.3 is 4.74 Å². The first-order chi connectivity index (χ1) is 12.9. The molecule has 3 rings (SSSR count). The van der Waals surface area contributed by atoms with E-state index in [0.717, 1.165) is 11.3 Å². The van der Waals surface area contributed by atoms with E-state index in [2.05, 4.69) is 20.2 Å². The summed E-state index contributed by atoms with van der Waals surface area (Å²) in [4.78, 5) is 12.2. The highest BCUT2D eigenvalue weighted by Crippen LogP contribution is 2.25. The molecule has 1 heterocycles. The number of nitrogens with one attached hydrogen (secondary N) is 2. The topological polar surface area (TPSA) is 110 Å². The summed E-state index contributed by atoms with van der Waals surface area (Å²) in [6, 6.07) is 12.8. The number of halogens is 1. The molecule has 0 atom stereocenters. The van der Waals surface area contributed by atoms with Gasteiger partial charge in [-0.25, -0.2) is 0 Å². The second-order valence-electron chi connectivity index (χ2n) is 5.14. The normalized spacial score (nSPS) is 11.0. The molecule has 140 valence electrons. The van der Waals surface area contributed by atoms with Gasteiger partial charge in [-0.15, -0.1) is 10.2 Å². The van der Waals surface area contributed by atoms with Gasteiger partial charge in [0, 0.05) is 5.69 Å². The zero-order valence-electron chi connectivity index (χ0n) is 13.8. The van der Waals surface area contributed by atoms with Crippen LogP contribution in [-0.4, -0.2) is 31.6 Å². The van der Waals surface area contributed by atoms with E-state index in [-0.39, 0.29) is 20.1 Å². The molecule has 27 heavy (non-hydrogen) atoms. The molecule has 1 aromatic heterocycles. The summed E-state index contributed by atoms with van der Waals surface area (Å²) in [6.45, 7) is 0. The third-order valence-corrected chi connectivity index (χ3v) is 6.23. The number of aromatic nitrogens is 2. The van der Waals surface area contributed by atoms with Crippen LogP contribution in [0.25, 0.3) is 0 Å². The highest BCUT2D eigenvalue weighted by molar-refractivity contribution is 7.94. The van der Waals surface area contributed by atoms with E-state index < -0.39 is 15.9 Å². The van der Waals surface area contributed by atoms with Gasteiger partial charge in [-0.1, -0.05) is 35.1 Å². The lowest BCUT2D eigenvalue weighted by Gasteiger charge is -2.06. The molecule has 2 N–H and O–H groups in total. The fourth-order valence-corrected chi connectivity index (χ4v) is 4.21. The molecule has 0 aliphatic carbocycles. The van der Waals surface area contributed by atoms with Crippen LogP contribution in [0.2, 0.25) is 5.02 Å². The lowest BCUT2D eigenvalue weighted by molar-refractivity contribution is 0.102. The predicted octanol–water partition coefficient (Wildman–Crippen LogP) is 3.25. The van der Waals surface area contributed by atoms with E-state index in [1.165, 1.54) is 7.11 Å². The first kappa shape index (κ1) is 19.1. The molecule has 8 nitrogen and oxygen atoms in total. The summed E-state index contributed by atoms with van der Waals surface area (Å²) in [5.74, 6) is 0.0854. The first-order valence-electron chi connectivity index (χ1n) is 7.45. The smallest absolute Gasteiger partial charge is 0.291 e. The Balaban J connectivity index is 1.74. The average Bonchev–Trinajstić information content (AvgIpc) is 3.12. The van der Waals surface area contributed by atoms with Crippen LogP contribution in [0.5, 0.6) is 5.75 Å². The molecule has 0 bridgehead atoms. The molecular weight excluding hydrogens is 412 g/mol. The largest absolute Gasteiger partial charge is 0.497 e. The maximum atomic E-state index is 12.4. The molecular formula is C16H13ClN4O4S2. The van der Waals surface area contributed by atoms with Crippen molar-refractivity contribution in [3.63, 3.8) is 0 Å². The first-order valence-corrected chi connectivity index (χ1v) is 10.1. The second-order valence-corrected chi connectivity index (χ2v) is 8.38. The van der Waals surface area contributed by atoms with Crippen LogP contribution >= 0.6 is 22.9 Å². The number of rotatable bonds is 6. The van der Waals surface area contributed by atoms with E-state index in [1.54, 1.807) is 48.5 Å². The zero-order chi connectivity index (χ0) is 19.4. The highest BCUT2D eigenvalue weighted by atomic mass is 35.5. The predicted molar refractivity (Wildman–Crippen MR) is 103 cm³/mol. The minimum Gasteiger partial charge on any atom is -0.497 e. The van der Waals surface area contributed by atoms with Gasteiger partial charge in [0.25, 0.3) is 20.3 Å². The number of carbonyl (C=O) groups is 1. The lowest BCUT2D eigenvalue weighted by atomic mass is 10.2. The van der Waals surface area contributed by atoms with Gasteiger partial charge in [0.2, 0.25) is 5.13 Å². The lowest BCUT2D eigenvalue weighted by Crippen LogP contribution is -2.12. The van der Waals surface area contributed by atoms with Crippen LogP contribution in [0.4, 0.5) is 10.8 Å². The van der Waals surface area contributed by atoms with Crippen LogP contribution in [0.1, 0.15) is 10.4 Å². The minimum absolute atomic E-state index is 0.0371. The van der Waals surface area contributed by atoms with E-state index in [1.807, 2.05) is 0 Å². The van der Waals surface area contributed by atoms with Gasteiger partial charge in [0.15, 0.2) is 0 Å². The molecule has 0 saturated heterocycles. The Morgan fingerprint density at radius 3 is 2.48 bits per heavy atom. The number of ether oxygens (including phenoxy) is 1. The van der Waals surface area contributed by atoms with Gasteiger partial charge in [0.1, 0.15) is 5.75 Å². The molecule has 0 aliphatic rings. The maximum Gasteiger partial charge on any atom is 0.291 e. The summed E-state index contributed by atoms with van der Waals surface area (Å²) < 4.78 is 31.9. The van der Waals surface area contributed by atoms with Crippen molar-refractivity contribution in [1.29, 1.82) is 0 Å². The average molecular weight is 425 g/mol. The number of sulfonamides is 1. The van der Waals surface area contributed by atoms with Crippen LogP contribution in [0, 0.1) is 0 Å². The van der Waals surface area contributed by atoms with E-state index in [0.29, 0.717) is 11.4 Å². The molecule has 11 heteroatoms. The SMILES string of the molecule is COc1ccc(NS(=O)(=O)c2nnc(NC(=O)c3ccccc3Cl)s2)cc1. The Morgan fingerprint density at radius 1 is 1.11 bits per heavy atom. The van der Waals surface area contributed by atoms with Crippen molar-refractivity contribution < 1.29 is 17.9 Å². The Morgan fingerprint density at radius 2 is 1.81 bits per heavy atom. The van der Waals surface area contributed by atoms with Crippen LogP contribution in [0.15, 0.2) is 52.9 Å². The van der Waals surface area contributed by atoms with Gasteiger partial charge >= 0.3 is 0 Å². The van der Waals surface area contributed by atoms with Gasteiger partial charge in [-0.2, -0.15) is 8.42 Å². The van der Waals surface area contributed by atoms with Gasteiger partial charge in [-0.05, 0) is 36.4 Å². The number of nitrogens with zero attached hydrogens (tertiary/aromatic N) is 2. The fraction of sp³-hybridized carbons (Fsp3) is 0.0625. The number of methoxy groups -OCH3 is 1. The molecule has 0 fully saturated rings. The van der Waals surface area contributed by atoms with Crippen LogP contribution < -0.4 is 14.8 Å². The standard InChI is InChI=1S/C16H13ClN4O4S2/c1-25-11-8-6-10(7-9-11)21-27(23,24)16-20-19-15(26-16)18-14(22)12-4-2-3-5-13(12)17/h2-9,21H,1H3,(H,18,19,22). The third-order valence-electron chi connectivity index (χ3n) is 3.32. The number of benzene rings is 2. The molecule has 2 aromatic carbocycles. The monoisotopic (exact) mass is 424 g/mol. The Hall–Kier alpha value is -2.69. The number of hydrogen-bond acceptors (Lipinski definition) is 7. The summed E-state index contributed by atoms with van der Waals surface area (Å²) in [7, 11) is -2.43. The molecule has 0 radical (unpaired) electrons. The van der Waals surface area contributed by atoms with E-state index in [4.69, 9.17) is 16.3 Å². The number of anilines is 2. The molecule has 3 aromatic rings. The molecule has 0 unspecified atom stereocenters. The fourth-order valence-electron chi connectivity index (χ4n) is 2.04. The number of amides is 1. The molecule has 0 saturated carbocycles. The zero-order valence-corrected chi connectivity index (χ0v) is 16.2. The van der Waals surface area contributed by atoms with E-state index in [9.17, 15) is 13.2 Å². The van der Waals surface area contributed by atoms with Crippen molar-refractivity contribution in [2.75, 3.05) is 17.1 Å². The molecule has 1 amide bonds. The summed E-state index contributed by atoms with van der Waals surface area (Å²) in [6.07, 6.45) is 0. The Labute approximate surface area is 164 Å². The van der Waals surface area contributed by atoms with Crippen molar-refractivity contribution in [1.82, 2.24) is 10.2 Å². The number of carbonyl (C=O) groups excluding carboxylic acids is 1. The van der Waals surface area contributed by atoms with Crippen molar-refractivity contribution in [3.8, 4) is 5.75 Å². The van der Waals surface area contributed by atoms with E-state index >= 15 is 0 Å². The summed E-state index contributed by atoms with van der Waals surface area (Å²) >= 11 is 6.69. The van der Waals surface area contributed by atoms with Crippen molar-refractivity contribution >= 4 is 49.7 Å². The Bertz CT molecular complexity index is 1070. The van der Waals surface area contributed by atoms with Gasteiger partial charge in [-0.3, -0.25) is 14.8 Å². The maximum absolute atomic E-state index is 12.4. The van der Waals surface area contributed by atoms with Crippen molar-refractivity contribution in [3.05, 3.63) is 59.1 Å².